The number of benzene rings is 4. The first-order valence-corrected chi connectivity index (χ1v) is 12.1. The second-order valence-electron chi connectivity index (χ2n) is 7.54. The van der Waals surface area contributed by atoms with Crippen molar-refractivity contribution in [2.24, 2.45) is 5.10 Å². The minimum Gasteiger partial charge on any atom is -0.507 e. The van der Waals surface area contributed by atoms with E-state index < -0.39 is 22.5 Å². The summed E-state index contributed by atoms with van der Waals surface area (Å²) in [5.41, 5.74) is 3.06. The first-order valence-electron chi connectivity index (χ1n) is 10.6. The number of nitrogens with zero attached hydrogens (tertiary/aromatic N) is 2. The van der Waals surface area contributed by atoms with Crippen molar-refractivity contribution in [3.63, 3.8) is 0 Å². The molecule has 9 heteroatoms. The number of hydrogen-bond acceptors (Lipinski definition) is 6. The number of carbonyl (C=O) groups excluding carboxylic acids is 1. The van der Waals surface area contributed by atoms with Crippen LogP contribution in [0.2, 0.25) is 0 Å². The Morgan fingerprint density at radius 2 is 1.74 bits per heavy atom. The van der Waals surface area contributed by atoms with Crippen molar-refractivity contribution in [1.29, 1.82) is 0 Å². The molecule has 0 aliphatic carbocycles. The fourth-order valence-corrected chi connectivity index (χ4v) is 4.99. The van der Waals surface area contributed by atoms with E-state index in [1.54, 1.807) is 48.5 Å². The minimum atomic E-state index is -4.06. The molecule has 0 saturated heterocycles. The molecule has 0 fully saturated rings. The molecule has 0 aromatic heterocycles. The van der Waals surface area contributed by atoms with E-state index in [0.29, 0.717) is 11.3 Å². The Morgan fingerprint density at radius 3 is 2.51 bits per heavy atom. The highest BCUT2D eigenvalue weighted by molar-refractivity contribution is 7.92. The lowest BCUT2D eigenvalue weighted by Crippen LogP contribution is -2.39. The number of hydrogen-bond donors (Lipinski definition) is 2. The van der Waals surface area contributed by atoms with Gasteiger partial charge in [0.1, 0.15) is 18.0 Å². The van der Waals surface area contributed by atoms with Crippen LogP contribution in [0, 0.1) is 0 Å². The van der Waals surface area contributed by atoms with E-state index >= 15 is 0 Å². The number of nitrogens with one attached hydrogen (secondary N) is 1. The largest absolute Gasteiger partial charge is 0.507 e. The summed E-state index contributed by atoms with van der Waals surface area (Å²) >= 11 is 0. The maximum absolute atomic E-state index is 13.4. The number of rotatable bonds is 8. The zero-order valence-electron chi connectivity index (χ0n) is 18.8. The molecular formula is C26H23N3O5S. The van der Waals surface area contributed by atoms with Crippen molar-refractivity contribution >= 4 is 38.6 Å². The normalized spacial score (nSPS) is 11.5. The van der Waals surface area contributed by atoms with Gasteiger partial charge in [0.2, 0.25) is 0 Å². The molecule has 0 bridgehead atoms. The number of ether oxygens (including phenoxy) is 1. The number of sulfonamides is 1. The third kappa shape index (κ3) is 5.25. The Morgan fingerprint density at radius 1 is 1.00 bits per heavy atom. The van der Waals surface area contributed by atoms with Crippen molar-refractivity contribution < 1.29 is 23.1 Å². The average molecular weight is 490 g/mol. The summed E-state index contributed by atoms with van der Waals surface area (Å²) < 4.78 is 33.0. The van der Waals surface area contributed by atoms with Gasteiger partial charge in [-0.2, -0.15) is 5.10 Å². The number of anilines is 1. The molecule has 178 valence electrons. The van der Waals surface area contributed by atoms with Crippen LogP contribution in [-0.2, 0) is 14.8 Å². The quantitative estimate of drug-likeness (QED) is 0.288. The molecular weight excluding hydrogens is 466 g/mol. The van der Waals surface area contributed by atoms with Crippen LogP contribution in [0.4, 0.5) is 5.69 Å². The van der Waals surface area contributed by atoms with Gasteiger partial charge in [-0.15, -0.1) is 0 Å². The summed E-state index contributed by atoms with van der Waals surface area (Å²) in [6.45, 7) is -0.525. The fraction of sp³-hybridized carbons (Fsp3) is 0.0769. The number of hydrazone groups is 1. The number of amides is 1. The maximum atomic E-state index is 13.4. The SMILES string of the molecule is COc1cccc(N(CC(=O)N/N=C\c2c(O)ccc3ccccc23)S(=O)(=O)c2ccccc2)c1. The summed E-state index contributed by atoms with van der Waals surface area (Å²) in [4.78, 5) is 12.8. The maximum Gasteiger partial charge on any atom is 0.264 e. The molecule has 0 radical (unpaired) electrons. The van der Waals surface area contributed by atoms with Crippen LogP contribution in [0.15, 0.2) is 101 Å². The Balaban J connectivity index is 1.60. The second kappa shape index (κ2) is 10.3. The van der Waals surface area contributed by atoms with E-state index in [2.05, 4.69) is 10.5 Å². The summed E-state index contributed by atoms with van der Waals surface area (Å²) in [5, 5.41) is 15.9. The van der Waals surface area contributed by atoms with Gasteiger partial charge in [0.25, 0.3) is 15.9 Å². The molecule has 0 aliphatic rings. The molecule has 4 aromatic carbocycles. The van der Waals surface area contributed by atoms with Crippen LogP contribution < -0.4 is 14.5 Å². The number of fused-ring (bicyclic) bond motifs is 1. The van der Waals surface area contributed by atoms with Crippen LogP contribution in [-0.4, -0.2) is 39.3 Å². The number of phenolic OH excluding ortho intramolecular Hbond substituents is 1. The Bertz CT molecular complexity index is 1490. The van der Waals surface area contributed by atoms with E-state index in [4.69, 9.17) is 4.74 Å². The van der Waals surface area contributed by atoms with E-state index in [0.717, 1.165) is 15.1 Å². The zero-order valence-corrected chi connectivity index (χ0v) is 19.6. The lowest BCUT2D eigenvalue weighted by molar-refractivity contribution is -0.119. The predicted molar refractivity (Wildman–Crippen MR) is 135 cm³/mol. The molecule has 0 atom stereocenters. The Kier molecular flexibility index (Phi) is 6.98. The van der Waals surface area contributed by atoms with E-state index in [9.17, 15) is 18.3 Å². The molecule has 35 heavy (non-hydrogen) atoms. The molecule has 4 aromatic rings. The van der Waals surface area contributed by atoms with E-state index in [1.165, 1.54) is 31.5 Å². The summed E-state index contributed by atoms with van der Waals surface area (Å²) in [7, 11) is -2.59. The highest BCUT2D eigenvalue weighted by Crippen LogP contribution is 2.27. The van der Waals surface area contributed by atoms with Gasteiger partial charge in [-0.1, -0.05) is 54.6 Å². The van der Waals surface area contributed by atoms with Crippen molar-refractivity contribution in [1.82, 2.24) is 5.43 Å². The molecule has 0 heterocycles. The number of aromatic hydroxyl groups is 1. The van der Waals surface area contributed by atoms with Gasteiger partial charge >= 0.3 is 0 Å². The molecule has 2 N–H and O–H groups in total. The average Bonchev–Trinajstić information content (AvgIpc) is 2.89. The lowest BCUT2D eigenvalue weighted by Gasteiger charge is -2.24. The van der Waals surface area contributed by atoms with Crippen LogP contribution in [0.1, 0.15) is 5.56 Å². The topological polar surface area (TPSA) is 108 Å². The fourth-order valence-electron chi connectivity index (χ4n) is 3.55. The smallest absolute Gasteiger partial charge is 0.264 e. The van der Waals surface area contributed by atoms with Gasteiger partial charge in [-0.3, -0.25) is 9.10 Å². The van der Waals surface area contributed by atoms with E-state index in [1.807, 2.05) is 24.3 Å². The first-order chi connectivity index (χ1) is 16.9. The summed E-state index contributed by atoms with van der Waals surface area (Å²) in [5.74, 6) is -0.213. The van der Waals surface area contributed by atoms with Gasteiger partial charge in [-0.05, 0) is 41.1 Å². The van der Waals surface area contributed by atoms with Crippen LogP contribution in [0.5, 0.6) is 11.5 Å². The first kappa shape index (κ1) is 23.8. The highest BCUT2D eigenvalue weighted by Gasteiger charge is 2.27. The minimum absolute atomic E-state index is 0.00589. The van der Waals surface area contributed by atoms with Crippen molar-refractivity contribution in [2.45, 2.75) is 4.90 Å². The van der Waals surface area contributed by atoms with Gasteiger partial charge in [0.05, 0.1) is 23.9 Å². The number of phenols is 1. The highest BCUT2D eigenvalue weighted by atomic mass is 32.2. The molecule has 0 aliphatic heterocycles. The number of methoxy groups -OCH3 is 1. The third-order valence-corrected chi connectivity index (χ3v) is 7.08. The Labute approximate surface area is 203 Å². The zero-order chi connectivity index (χ0) is 24.8. The van der Waals surface area contributed by atoms with Crippen LogP contribution in [0.25, 0.3) is 10.8 Å². The monoisotopic (exact) mass is 489 g/mol. The summed E-state index contributed by atoms with van der Waals surface area (Å²) in [6.07, 6.45) is 1.33. The van der Waals surface area contributed by atoms with Gasteiger partial charge in [-0.25, -0.2) is 13.8 Å². The van der Waals surface area contributed by atoms with Gasteiger partial charge in [0.15, 0.2) is 0 Å². The molecule has 4 rings (SSSR count). The number of carbonyl (C=O) groups is 1. The predicted octanol–water partition coefficient (Wildman–Crippen LogP) is 3.90. The van der Waals surface area contributed by atoms with Gasteiger partial charge in [0, 0.05) is 11.6 Å². The van der Waals surface area contributed by atoms with Crippen LogP contribution >= 0.6 is 0 Å². The summed E-state index contributed by atoms with van der Waals surface area (Å²) in [6, 6.07) is 25.0. The molecule has 1 amide bonds. The molecule has 0 unspecified atom stereocenters. The lowest BCUT2D eigenvalue weighted by atomic mass is 10.0. The second-order valence-corrected chi connectivity index (χ2v) is 9.40. The molecule has 0 saturated carbocycles. The van der Waals surface area contributed by atoms with Crippen molar-refractivity contribution in [3.8, 4) is 11.5 Å². The third-order valence-electron chi connectivity index (χ3n) is 5.29. The van der Waals surface area contributed by atoms with Crippen LogP contribution in [0.3, 0.4) is 0 Å². The van der Waals surface area contributed by atoms with Gasteiger partial charge < -0.3 is 9.84 Å². The molecule has 0 spiro atoms. The van der Waals surface area contributed by atoms with Crippen molar-refractivity contribution in [3.05, 3.63) is 96.6 Å². The molecule has 8 nitrogen and oxygen atoms in total. The Hall–Kier alpha value is -4.37. The standard InChI is InChI=1S/C26H23N3O5S/c1-34-21-10-7-9-20(16-21)29(35(32,33)22-11-3-2-4-12-22)18-26(31)28-27-17-24-23-13-6-5-8-19(23)14-15-25(24)30/h2-17,30H,18H2,1H3,(H,28,31)/b27-17-. The van der Waals surface area contributed by atoms with Crippen molar-refractivity contribution in [2.75, 3.05) is 18.0 Å². The van der Waals surface area contributed by atoms with E-state index in [-0.39, 0.29) is 16.3 Å².